The number of carbonyl (C=O) groups is 2. The lowest BCUT2D eigenvalue weighted by Crippen LogP contribution is -2.53. The lowest BCUT2D eigenvalue weighted by atomic mass is 9.82. The average molecular weight is 283 g/mol. The Bertz CT molecular complexity index is 388. The number of urea groups is 1. The van der Waals surface area contributed by atoms with Crippen LogP contribution in [0.3, 0.4) is 0 Å². The van der Waals surface area contributed by atoms with Gasteiger partial charge >= 0.3 is 12.0 Å². The van der Waals surface area contributed by atoms with E-state index in [1.807, 2.05) is 4.90 Å². The molecule has 2 rings (SSSR count). The zero-order chi connectivity index (χ0) is 14.8. The summed E-state index contributed by atoms with van der Waals surface area (Å²) >= 11 is 0. The highest BCUT2D eigenvalue weighted by atomic mass is 16.4. The summed E-state index contributed by atoms with van der Waals surface area (Å²) < 4.78 is 0. The van der Waals surface area contributed by atoms with Crippen molar-refractivity contribution in [3.05, 3.63) is 0 Å². The Morgan fingerprint density at radius 3 is 2.40 bits per heavy atom. The van der Waals surface area contributed by atoms with Gasteiger partial charge in [-0.1, -0.05) is 0 Å². The molecule has 2 saturated heterocycles. The van der Waals surface area contributed by atoms with Gasteiger partial charge in [0, 0.05) is 32.7 Å². The second kappa shape index (κ2) is 5.99. The number of aliphatic carboxylic acids is 1. The summed E-state index contributed by atoms with van der Waals surface area (Å²) in [5.74, 6) is -0.800. The van der Waals surface area contributed by atoms with Gasteiger partial charge in [0.1, 0.15) is 0 Å². The number of likely N-dealkylation sites (tertiary alicyclic amines) is 1. The SMILES string of the molecule is CN1CCCN(C(=O)N2CCCC(C)(C(=O)O)C2)CC1. The molecule has 0 spiro atoms. The molecule has 0 aromatic heterocycles. The maximum Gasteiger partial charge on any atom is 0.320 e. The van der Waals surface area contributed by atoms with E-state index in [2.05, 4.69) is 11.9 Å². The van der Waals surface area contributed by atoms with Crippen LogP contribution in [-0.4, -0.2) is 78.1 Å². The zero-order valence-corrected chi connectivity index (χ0v) is 12.5. The van der Waals surface area contributed by atoms with Crippen molar-refractivity contribution in [3.63, 3.8) is 0 Å². The van der Waals surface area contributed by atoms with Gasteiger partial charge in [0.05, 0.1) is 5.41 Å². The number of amides is 2. The first-order valence-corrected chi connectivity index (χ1v) is 7.38. The van der Waals surface area contributed by atoms with Crippen molar-refractivity contribution in [2.24, 2.45) is 5.41 Å². The second-order valence-corrected chi connectivity index (χ2v) is 6.32. The van der Waals surface area contributed by atoms with Gasteiger partial charge in [-0.15, -0.1) is 0 Å². The third-order valence-electron chi connectivity index (χ3n) is 4.47. The standard InChI is InChI=1S/C14H25N3O3/c1-14(12(18)19)5-3-7-17(11-14)13(20)16-8-4-6-15(2)9-10-16/h3-11H2,1-2H3,(H,18,19). The number of piperidine rings is 1. The maximum atomic E-state index is 12.6. The summed E-state index contributed by atoms with van der Waals surface area (Å²) in [7, 11) is 2.07. The molecule has 2 aliphatic heterocycles. The third kappa shape index (κ3) is 3.23. The van der Waals surface area contributed by atoms with E-state index < -0.39 is 11.4 Å². The van der Waals surface area contributed by atoms with Crippen molar-refractivity contribution in [3.8, 4) is 0 Å². The molecule has 6 heteroatoms. The number of carbonyl (C=O) groups excluding carboxylic acids is 1. The van der Waals surface area contributed by atoms with Gasteiger partial charge in [-0.05, 0) is 39.8 Å². The Kier molecular flexibility index (Phi) is 4.52. The molecule has 6 nitrogen and oxygen atoms in total. The minimum Gasteiger partial charge on any atom is -0.481 e. The van der Waals surface area contributed by atoms with Gasteiger partial charge in [0.15, 0.2) is 0 Å². The molecule has 2 fully saturated rings. The average Bonchev–Trinajstić information content (AvgIpc) is 2.62. The van der Waals surface area contributed by atoms with Crippen LogP contribution in [0.25, 0.3) is 0 Å². The number of rotatable bonds is 1. The number of carboxylic acid groups (broad SMARTS) is 1. The zero-order valence-electron chi connectivity index (χ0n) is 12.5. The summed E-state index contributed by atoms with van der Waals surface area (Å²) in [4.78, 5) is 29.7. The van der Waals surface area contributed by atoms with Gasteiger partial charge in [-0.2, -0.15) is 0 Å². The van der Waals surface area contributed by atoms with Crippen LogP contribution in [0, 0.1) is 5.41 Å². The van der Waals surface area contributed by atoms with Gasteiger partial charge in [0.25, 0.3) is 0 Å². The van der Waals surface area contributed by atoms with Crippen LogP contribution in [0.4, 0.5) is 4.79 Å². The predicted molar refractivity (Wildman–Crippen MR) is 75.6 cm³/mol. The monoisotopic (exact) mass is 283 g/mol. The molecule has 2 amide bonds. The predicted octanol–water partition coefficient (Wildman–Crippen LogP) is 0.931. The minimum absolute atomic E-state index is 0.00692. The molecule has 1 unspecified atom stereocenters. The lowest BCUT2D eigenvalue weighted by Gasteiger charge is -2.39. The van der Waals surface area contributed by atoms with Crippen molar-refractivity contribution in [1.82, 2.24) is 14.7 Å². The fourth-order valence-electron chi connectivity index (χ4n) is 3.02. The molecule has 20 heavy (non-hydrogen) atoms. The van der Waals surface area contributed by atoms with Crippen LogP contribution in [0.1, 0.15) is 26.2 Å². The molecule has 0 bridgehead atoms. The van der Waals surface area contributed by atoms with E-state index >= 15 is 0 Å². The number of nitrogens with zero attached hydrogens (tertiary/aromatic N) is 3. The second-order valence-electron chi connectivity index (χ2n) is 6.32. The molecule has 0 saturated carbocycles. The van der Waals surface area contributed by atoms with E-state index in [9.17, 15) is 14.7 Å². The van der Waals surface area contributed by atoms with Crippen molar-refractivity contribution in [1.29, 1.82) is 0 Å². The van der Waals surface area contributed by atoms with E-state index in [0.29, 0.717) is 19.5 Å². The van der Waals surface area contributed by atoms with Crippen LogP contribution in [0.5, 0.6) is 0 Å². The molecule has 114 valence electrons. The van der Waals surface area contributed by atoms with Crippen LogP contribution in [0.15, 0.2) is 0 Å². The number of carboxylic acids is 1. The molecule has 1 atom stereocenters. The van der Waals surface area contributed by atoms with Gasteiger partial charge in [0.2, 0.25) is 0 Å². The molecule has 1 N–H and O–H groups in total. The third-order valence-corrected chi connectivity index (χ3v) is 4.47. The smallest absolute Gasteiger partial charge is 0.320 e. The molecule has 0 aromatic carbocycles. The van der Waals surface area contributed by atoms with Gasteiger partial charge < -0.3 is 19.8 Å². The normalized spacial score (nSPS) is 29.1. The molecule has 0 radical (unpaired) electrons. The molecular formula is C14H25N3O3. The summed E-state index contributed by atoms with van der Waals surface area (Å²) in [6, 6.07) is 0.00692. The van der Waals surface area contributed by atoms with Crippen LogP contribution < -0.4 is 0 Å². The van der Waals surface area contributed by atoms with Crippen molar-refractivity contribution in [2.45, 2.75) is 26.2 Å². The molecule has 0 aliphatic carbocycles. The number of hydrogen-bond donors (Lipinski definition) is 1. The van der Waals surface area contributed by atoms with E-state index in [4.69, 9.17) is 0 Å². The van der Waals surface area contributed by atoms with E-state index in [0.717, 1.165) is 39.0 Å². The van der Waals surface area contributed by atoms with Crippen molar-refractivity contribution >= 4 is 12.0 Å². The highest BCUT2D eigenvalue weighted by Gasteiger charge is 2.40. The largest absolute Gasteiger partial charge is 0.481 e. The summed E-state index contributed by atoms with van der Waals surface area (Å²) in [6.07, 6.45) is 2.39. The quantitative estimate of drug-likeness (QED) is 0.777. The van der Waals surface area contributed by atoms with Crippen LogP contribution in [0.2, 0.25) is 0 Å². The highest BCUT2D eigenvalue weighted by molar-refractivity contribution is 5.78. The van der Waals surface area contributed by atoms with E-state index in [1.165, 1.54) is 0 Å². The first-order valence-electron chi connectivity index (χ1n) is 7.38. The molecule has 2 aliphatic rings. The molecule has 2 heterocycles. The Hall–Kier alpha value is -1.30. The maximum absolute atomic E-state index is 12.6. The molecular weight excluding hydrogens is 258 g/mol. The summed E-state index contributed by atoms with van der Waals surface area (Å²) in [5, 5.41) is 9.33. The van der Waals surface area contributed by atoms with Crippen LogP contribution >= 0.6 is 0 Å². The highest BCUT2D eigenvalue weighted by Crippen LogP contribution is 2.30. The van der Waals surface area contributed by atoms with E-state index in [1.54, 1.807) is 11.8 Å². The van der Waals surface area contributed by atoms with Gasteiger partial charge in [-0.3, -0.25) is 4.79 Å². The summed E-state index contributed by atoms with van der Waals surface area (Å²) in [5.41, 5.74) is -0.795. The van der Waals surface area contributed by atoms with Crippen LogP contribution in [-0.2, 0) is 4.79 Å². The number of likely N-dealkylation sites (N-methyl/N-ethyl adjacent to an activating group) is 1. The van der Waals surface area contributed by atoms with Crippen molar-refractivity contribution < 1.29 is 14.7 Å². The van der Waals surface area contributed by atoms with Crippen molar-refractivity contribution in [2.75, 3.05) is 46.3 Å². The topological polar surface area (TPSA) is 64.1 Å². The Morgan fingerprint density at radius 1 is 1.00 bits per heavy atom. The first kappa shape index (κ1) is 15.1. The Morgan fingerprint density at radius 2 is 1.70 bits per heavy atom. The summed E-state index contributed by atoms with van der Waals surface area (Å²) in [6.45, 7) is 6.14. The fraction of sp³-hybridized carbons (Fsp3) is 0.857. The lowest BCUT2D eigenvalue weighted by molar-refractivity contribution is -0.150. The van der Waals surface area contributed by atoms with E-state index in [-0.39, 0.29) is 6.03 Å². The van der Waals surface area contributed by atoms with Gasteiger partial charge in [-0.25, -0.2) is 4.79 Å². The number of hydrogen-bond acceptors (Lipinski definition) is 3. The minimum atomic E-state index is -0.800. The molecule has 0 aromatic rings. The first-order chi connectivity index (χ1) is 9.42. The fourth-order valence-corrected chi connectivity index (χ4v) is 3.02. The Balaban J connectivity index is 1.99. The Labute approximate surface area is 120 Å².